The molecule has 0 radical (unpaired) electrons. The van der Waals surface area contributed by atoms with Gasteiger partial charge in [-0.3, -0.25) is 5.10 Å². The summed E-state index contributed by atoms with van der Waals surface area (Å²) in [6, 6.07) is 0. The first-order chi connectivity index (χ1) is 11.2. The zero-order valence-corrected chi connectivity index (χ0v) is 15.1. The van der Waals surface area contributed by atoms with Gasteiger partial charge in [0.05, 0.1) is 5.69 Å². The molecular weight excluding hydrogens is 334 g/mol. The zero-order chi connectivity index (χ0) is 16.9. The van der Waals surface area contributed by atoms with Crippen LogP contribution in [0.5, 0.6) is 0 Å². The van der Waals surface area contributed by atoms with Crippen molar-refractivity contribution in [2.24, 2.45) is 0 Å². The molecule has 0 aliphatic rings. The number of thiocarbonyl (C=S) groups is 2. The van der Waals surface area contributed by atoms with Gasteiger partial charge in [0, 0.05) is 53.4 Å². The molecule has 0 spiro atoms. The minimum Gasteiger partial charge on any atom is -0.366 e. The monoisotopic (exact) mass is 359 g/mol. The molecular formula is C12H25N9S2. The Labute approximate surface area is 147 Å². The molecule has 1 aromatic rings. The molecule has 0 atom stereocenters. The van der Waals surface area contributed by atoms with Gasteiger partial charge in [-0.15, -0.1) is 5.10 Å². The molecule has 0 aromatic carbocycles. The summed E-state index contributed by atoms with van der Waals surface area (Å²) in [7, 11) is 3.58. The lowest BCUT2D eigenvalue weighted by atomic mass is 10.3. The number of hydrogen-bond acceptors (Lipinski definition) is 6. The van der Waals surface area contributed by atoms with Crippen LogP contribution in [0.1, 0.15) is 11.4 Å². The Kier molecular flexibility index (Phi) is 10.1. The van der Waals surface area contributed by atoms with Crippen molar-refractivity contribution in [2.75, 3.05) is 40.3 Å². The van der Waals surface area contributed by atoms with E-state index in [1.165, 1.54) is 0 Å². The van der Waals surface area contributed by atoms with Gasteiger partial charge in [-0.05, 0) is 24.4 Å². The van der Waals surface area contributed by atoms with Crippen LogP contribution in [0.25, 0.3) is 0 Å². The molecule has 0 bridgehead atoms. The second kappa shape index (κ2) is 11.9. The van der Waals surface area contributed by atoms with Crippen LogP contribution >= 0.6 is 24.4 Å². The molecule has 11 heteroatoms. The van der Waals surface area contributed by atoms with Crippen molar-refractivity contribution in [3.63, 3.8) is 0 Å². The SMILES string of the molecule is CNC(=S)NCCNCc1nn[nH]c1CNCCNC(=S)NC. The van der Waals surface area contributed by atoms with Crippen molar-refractivity contribution in [3.05, 3.63) is 11.4 Å². The molecule has 9 nitrogen and oxygen atoms in total. The molecule has 7 N–H and O–H groups in total. The predicted molar refractivity (Wildman–Crippen MR) is 99.1 cm³/mol. The number of aromatic nitrogens is 3. The highest BCUT2D eigenvalue weighted by atomic mass is 32.1. The lowest BCUT2D eigenvalue weighted by molar-refractivity contribution is 0.634. The number of nitrogens with one attached hydrogen (secondary N) is 7. The second-order valence-corrected chi connectivity index (χ2v) is 5.42. The minimum absolute atomic E-state index is 0.643. The Hall–Kier alpha value is -1.56. The topological polar surface area (TPSA) is 114 Å². The number of aromatic amines is 1. The molecule has 1 rings (SSSR count). The van der Waals surface area contributed by atoms with Crippen LogP contribution in [-0.2, 0) is 13.1 Å². The van der Waals surface area contributed by atoms with E-state index in [1.807, 2.05) is 0 Å². The van der Waals surface area contributed by atoms with Gasteiger partial charge in [-0.1, -0.05) is 5.21 Å². The van der Waals surface area contributed by atoms with Crippen molar-refractivity contribution in [1.82, 2.24) is 47.3 Å². The van der Waals surface area contributed by atoms with Gasteiger partial charge in [0.2, 0.25) is 0 Å². The standard InChI is InChI=1S/C12H25N9S2/c1-13-11(22)17-5-3-15-7-9-10(20-21-19-9)8-16-4-6-18-12(23)14-2/h15-16H,3-8H2,1-2H3,(H2,13,17,22)(H2,14,18,23)(H,19,20,21). The van der Waals surface area contributed by atoms with E-state index in [1.54, 1.807) is 14.1 Å². The Morgan fingerprint density at radius 2 is 1.48 bits per heavy atom. The first-order valence-electron chi connectivity index (χ1n) is 7.38. The van der Waals surface area contributed by atoms with Crippen molar-refractivity contribution in [3.8, 4) is 0 Å². The lowest BCUT2D eigenvalue weighted by Crippen LogP contribution is -2.37. The maximum atomic E-state index is 5.00. The van der Waals surface area contributed by atoms with Crippen molar-refractivity contribution < 1.29 is 0 Å². The fourth-order valence-corrected chi connectivity index (χ4v) is 1.88. The summed E-state index contributed by atoms with van der Waals surface area (Å²) in [6.07, 6.45) is 0. The molecule has 1 heterocycles. The zero-order valence-electron chi connectivity index (χ0n) is 13.5. The van der Waals surface area contributed by atoms with Gasteiger partial charge in [-0.2, -0.15) is 0 Å². The van der Waals surface area contributed by atoms with Crippen molar-refractivity contribution in [2.45, 2.75) is 13.1 Å². The number of hydrogen-bond donors (Lipinski definition) is 7. The molecule has 0 aliphatic carbocycles. The van der Waals surface area contributed by atoms with E-state index in [0.717, 1.165) is 37.6 Å². The summed E-state index contributed by atoms with van der Waals surface area (Å²) < 4.78 is 0. The third kappa shape index (κ3) is 8.59. The number of nitrogens with zero attached hydrogens (tertiary/aromatic N) is 2. The maximum absolute atomic E-state index is 5.00. The third-order valence-electron chi connectivity index (χ3n) is 2.93. The van der Waals surface area contributed by atoms with Crippen LogP contribution in [0.3, 0.4) is 0 Å². The molecule has 1 aromatic heterocycles. The maximum Gasteiger partial charge on any atom is 0.166 e. The van der Waals surface area contributed by atoms with Gasteiger partial charge in [-0.25, -0.2) is 0 Å². The highest BCUT2D eigenvalue weighted by molar-refractivity contribution is 7.80. The van der Waals surface area contributed by atoms with E-state index in [4.69, 9.17) is 24.4 Å². The van der Waals surface area contributed by atoms with Crippen LogP contribution in [0.15, 0.2) is 0 Å². The highest BCUT2D eigenvalue weighted by Crippen LogP contribution is 1.99. The molecule has 0 amide bonds. The first-order valence-corrected chi connectivity index (χ1v) is 8.20. The Morgan fingerprint density at radius 3 is 2.04 bits per heavy atom. The average molecular weight is 360 g/mol. The fraction of sp³-hybridized carbons (Fsp3) is 0.667. The van der Waals surface area contributed by atoms with E-state index < -0.39 is 0 Å². The van der Waals surface area contributed by atoms with Gasteiger partial charge >= 0.3 is 0 Å². The highest BCUT2D eigenvalue weighted by Gasteiger charge is 2.06. The summed E-state index contributed by atoms with van der Waals surface area (Å²) in [5.74, 6) is 0. The van der Waals surface area contributed by atoms with E-state index >= 15 is 0 Å². The predicted octanol–water partition coefficient (Wildman–Crippen LogP) is -1.83. The Bertz CT molecular complexity index is 436. The average Bonchev–Trinajstić information content (AvgIpc) is 3.01. The molecule has 130 valence electrons. The fourth-order valence-electron chi connectivity index (χ4n) is 1.68. The van der Waals surface area contributed by atoms with Gasteiger partial charge < -0.3 is 31.9 Å². The minimum atomic E-state index is 0.643. The molecule has 0 saturated carbocycles. The quantitative estimate of drug-likeness (QED) is 0.190. The largest absolute Gasteiger partial charge is 0.366 e. The summed E-state index contributed by atoms with van der Waals surface area (Å²) in [5.41, 5.74) is 1.89. The van der Waals surface area contributed by atoms with Crippen LogP contribution in [0.2, 0.25) is 0 Å². The molecule has 23 heavy (non-hydrogen) atoms. The van der Waals surface area contributed by atoms with Crippen LogP contribution in [0, 0.1) is 0 Å². The molecule has 0 aliphatic heterocycles. The molecule has 0 saturated heterocycles. The summed E-state index contributed by atoms with van der Waals surface area (Å²) in [4.78, 5) is 0. The van der Waals surface area contributed by atoms with E-state index in [2.05, 4.69) is 47.3 Å². The van der Waals surface area contributed by atoms with Crippen molar-refractivity contribution in [1.29, 1.82) is 0 Å². The molecule has 0 unspecified atom stereocenters. The second-order valence-electron chi connectivity index (χ2n) is 4.60. The summed E-state index contributed by atoms with van der Waals surface area (Å²) in [6.45, 7) is 4.42. The van der Waals surface area contributed by atoms with Gasteiger partial charge in [0.1, 0.15) is 5.69 Å². The van der Waals surface area contributed by atoms with Crippen LogP contribution < -0.4 is 31.9 Å². The third-order valence-corrected chi connectivity index (χ3v) is 3.62. The normalized spacial score (nSPS) is 10.2. The van der Waals surface area contributed by atoms with Gasteiger partial charge in [0.25, 0.3) is 0 Å². The number of H-pyrrole nitrogens is 1. The number of rotatable bonds is 10. The molecule has 0 fully saturated rings. The van der Waals surface area contributed by atoms with E-state index in [0.29, 0.717) is 23.3 Å². The van der Waals surface area contributed by atoms with E-state index in [-0.39, 0.29) is 0 Å². The smallest absolute Gasteiger partial charge is 0.166 e. The lowest BCUT2D eigenvalue weighted by Gasteiger charge is -2.09. The van der Waals surface area contributed by atoms with Gasteiger partial charge in [0.15, 0.2) is 10.2 Å². The first kappa shape index (κ1) is 19.5. The van der Waals surface area contributed by atoms with E-state index in [9.17, 15) is 0 Å². The van der Waals surface area contributed by atoms with Crippen molar-refractivity contribution >= 4 is 34.7 Å². The Balaban J connectivity index is 2.15. The van der Waals surface area contributed by atoms with Crippen LogP contribution in [-0.4, -0.2) is 65.9 Å². The Morgan fingerprint density at radius 1 is 0.913 bits per heavy atom. The summed E-state index contributed by atoms with van der Waals surface area (Å²) >= 11 is 9.99. The summed E-state index contributed by atoms with van der Waals surface area (Å²) in [5, 5.41) is 30.6. The van der Waals surface area contributed by atoms with Crippen LogP contribution in [0.4, 0.5) is 0 Å².